The first kappa shape index (κ1) is 10.8. The number of ether oxygens (including phenoxy) is 1. The third-order valence-corrected chi connectivity index (χ3v) is 2.19. The first-order chi connectivity index (χ1) is 6.65. The van der Waals surface area contributed by atoms with Crippen molar-refractivity contribution in [1.82, 2.24) is 0 Å². The minimum Gasteiger partial charge on any atom is -0.466 e. The normalized spacial score (nSPS) is 10.5. The lowest BCUT2D eigenvalue weighted by molar-refractivity contribution is -0.134. The smallest absolute Gasteiger partial charge is 0.330 e. The summed E-state index contributed by atoms with van der Waals surface area (Å²) in [6.07, 6.45) is 3.01. The molecule has 2 nitrogen and oxygen atoms in total. The molecule has 3 heteroatoms. The Hall–Kier alpha value is -1.28. The Bertz CT molecular complexity index is 349. The minimum atomic E-state index is -0.385. The van der Waals surface area contributed by atoms with E-state index < -0.39 is 0 Å². The standard InChI is InChI=1S/C11H11ClO2/c1-8-4-3-5-10(12)9(8)6-7-11(13)14-2/h3-7H,1-2H3. The second kappa shape index (κ2) is 4.82. The van der Waals surface area contributed by atoms with Crippen molar-refractivity contribution in [3.8, 4) is 0 Å². The van der Waals surface area contributed by atoms with Crippen LogP contribution in [0.25, 0.3) is 6.08 Å². The molecule has 0 saturated heterocycles. The van der Waals surface area contributed by atoms with E-state index >= 15 is 0 Å². The van der Waals surface area contributed by atoms with E-state index in [0.717, 1.165) is 11.1 Å². The van der Waals surface area contributed by atoms with Gasteiger partial charge in [-0.15, -0.1) is 0 Å². The summed E-state index contributed by atoms with van der Waals surface area (Å²) in [7, 11) is 1.34. The van der Waals surface area contributed by atoms with Crippen LogP contribution in [0.5, 0.6) is 0 Å². The Morgan fingerprint density at radius 1 is 1.50 bits per heavy atom. The lowest BCUT2D eigenvalue weighted by Gasteiger charge is -2.01. The van der Waals surface area contributed by atoms with Gasteiger partial charge in [0.05, 0.1) is 7.11 Å². The molecule has 0 bridgehead atoms. The Balaban J connectivity index is 2.96. The van der Waals surface area contributed by atoms with E-state index in [1.165, 1.54) is 13.2 Å². The van der Waals surface area contributed by atoms with E-state index in [9.17, 15) is 4.79 Å². The van der Waals surface area contributed by atoms with Gasteiger partial charge in [0, 0.05) is 11.1 Å². The van der Waals surface area contributed by atoms with Gasteiger partial charge in [0.2, 0.25) is 0 Å². The molecule has 0 aliphatic heterocycles. The first-order valence-electron chi connectivity index (χ1n) is 4.16. The quantitative estimate of drug-likeness (QED) is 0.554. The van der Waals surface area contributed by atoms with Crippen LogP contribution in [0.3, 0.4) is 0 Å². The monoisotopic (exact) mass is 210 g/mol. The van der Waals surface area contributed by atoms with Gasteiger partial charge in [0.1, 0.15) is 0 Å². The van der Waals surface area contributed by atoms with Gasteiger partial charge in [0.15, 0.2) is 0 Å². The maximum Gasteiger partial charge on any atom is 0.330 e. The zero-order chi connectivity index (χ0) is 10.6. The zero-order valence-electron chi connectivity index (χ0n) is 8.08. The molecule has 0 unspecified atom stereocenters. The first-order valence-corrected chi connectivity index (χ1v) is 4.54. The summed E-state index contributed by atoms with van der Waals surface area (Å²) in [4.78, 5) is 10.9. The number of aryl methyl sites for hydroxylation is 1. The third-order valence-electron chi connectivity index (χ3n) is 1.86. The van der Waals surface area contributed by atoms with Crippen molar-refractivity contribution >= 4 is 23.6 Å². The van der Waals surface area contributed by atoms with Crippen molar-refractivity contribution in [2.45, 2.75) is 6.92 Å². The fourth-order valence-electron chi connectivity index (χ4n) is 1.08. The van der Waals surface area contributed by atoms with Crippen LogP contribution in [-0.2, 0) is 9.53 Å². The van der Waals surface area contributed by atoms with Gasteiger partial charge in [-0.05, 0) is 30.2 Å². The molecule has 0 spiro atoms. The molecule has 14 heavy (non-hydrogen) atoms. The molecule has 0 radical (unpaired) electrons. The lowest BCUT2D eigenvalue weighted by Crippen LogP contribution is -1.93. The van der Waals surface area contributed by atoms with Crippen molar-refractivity contribution in [3.05, 3.63) is 40.4 Å². The van der Waals surface area contributed by atoms with E-state index in [4.69, 9.17) is 11.6 Å². The maximum absolute atomic E-state index is 10.9. The fraction of sp³-hybridized carbons (Fsp3) is 0.182. The van der Waals surface area contributed by atoms with Crippen LogP contribution < -0.4 is 0 Å². The Labute approximate surface area is 88.1 Å². The molecule has 0 atom stereocenters. The van der Waals surface area contributed by atoms with Gasteiger partial charge in [0.25, 0.3) is 0 Å². The van der Waals surface area contributed by atoms with Crippen LogP contribution in [0.1, 0.15) is 11.1 Å². The number of benzene rings is 1. The van der Waals surface area contributed by atoms with E-state index in [-0.39, 0.29) is 5.97 Å². The molecule has 0 saturated carbocycles. The number of hydrogen-bond acceptors (Lipinski definition) is 2. The highest BCUT2D eigenvalue weighted by molar-refractivity contribution is 6.32. The second-order valence-electron chi connectivity index (χ2n) is 2.83. The van der Waals surface area contributed by atoms with Gasteiger partial charge in [-0.3, -0.25) is 0 Å². The lowest BCUT2D eigenvalue weighted by atomic mass is 10.1. The predicted octanol–water partition coefficient (Wildman–Crippen LogP) is 2.83. The summed E-state index contributed by atoms with van der Waals surface area (Å²) >= 11 is 5.95. The minimum absolute atomic E-state index is 0.385. The van der Waals surface area contributed by atoms with Crippen molar-refractivity contribution < 1.29 is 9.53 Å². The molecule has 0 aliphatic rings. The number of esters is 1. The van der Waals surface area contributed by atoms with Crippen molar-refractivity contribution in [2.24, 2.45) is 0 Å². The molecule has 0 aliphatic carbocycles. The molecule has 0 amide bonds. The average Bonchev–Trinajstić information content (AvgIpc) is 2.16. The molecule has 1 aromatic carbocycles. The van der Waals surface area contributed by atoms with Crippen molar-refractivity contribution in [3.63, 3.8) is 0 Å². The van der Waals surface area contributed by atoms with E-state index in [0.29, 0.717) is 5.02 Å². The highest BCUT2D eigenvalue weighted by Gasteiger charge is 2.00. The van der Waals surface area contributed by atoms with Gasteiger partial charge >= 0.3 is 5.97 Å². The summed E-state index contributed by atoms with van der Waals surface area (Å²) in [6.45, 7) is 1.93. The zero-order valence-corrected chi connectivity index (χ0v) is 8.84. The highest BCUT2D eigenvalue weighted by Crippen LogP contribution is 2.20. The number of hydrogen-bond donors (Lipinski definition) is 0. The van der Waals surface area contributed by atoms with Crippen molar-refractivity contribution in [1.29, 1.82) is 0 Å². The molecule has 0 fully saturated rings. The van der Waals surface area contributed by atoms with Crippen LogP contribution >= 0.6 is 11.6 Å². The SMILES string of the molecule is COC(=O)C=Cc1c(C)cccc1Cl. The van der Waals surface area contributed by atoms with E-state index in [2.05, 4.69) is 4.74 Å². The Morgan fingerprint density at radius 2 is 2.21 bits per heavy atom. The summed E-state index contributed by atoms with van der Waals surface area (Å²) in [5, 5.41) is 0.630. The number of rotatable bonds is 2. The molecule has 0 heterocycles. The van der Waals surface area contributed by atoms with E-state index in [1.54, 1.807) is 12.1 Å². The summed E-state index contributed by atoms with van der Waals surface area (Å²) in [5.74, 6) is -0.385. The molecule has 74 valence electrons. The number of carbonyl (C=O) groups excluding carboxylic acids is 1. The Morgan fingerprint density at radius 3 is 2.79 bits per heavy atom. The van der Waals surface area contributed by atoms with Crippen LogP contribution in [0.2, 0.25) is 5.02 Å². The summed E-state index contributed by atoms with van der Waals surface area (Å²) in [5.41, 5.74) is 1.87. The number of halogens is 1. The van der Waals surface area contributed by atoms with E-state index in [1.807, 2.05) is 19.1 Å². The topological polar surface area (TPSA) is 26.3 Å². The number of methoxy groups -OCH3 is 1. The molecular formula is C11H11ClO2. The van der Waals surface area contributed by atoms with Gasteiger partial charge in [-0.1, -0.05) is 23.7 Å². The van der Waals surface area contributed by atoms with Gasteiger partial charge < -0.3 is 4.74 Å². The van der Waals surface area contributed by atoms with Crippen LogP contribution in [-0.4, -0.2) is 13.1 Å². The summed E-state index contributed by atoms with van der Waals surface area (Å²) in [6, 6.07) is 5.58. The molecule has 1 aromatic rings. The van der Waals surface area contributed by atoms with Crippen LogP contribution in [0, 0.1) is 6.92 Å². The second-order valence-corrected chi connectivity index (χ2v) is 3.23. The maximum atomic E-state index is 10.9. The molecule has 0 aromatic heterocycles. The molecule has 1 rings (SSSR count). The predicted molar refractivity (Wildman–Crippen MR) is 57.2 cm³/mol. The Kier molecular flexibility index (Phi) is 3.72. The van der Waals surface area contributed by atoms with Gasteiger partial charge in [-0.2, -0.15) is 0 Å². The summed E-state index contributed by atoms with van der Waals surface area (Å²) < 4.78 is 4.48. The van der Waals surface area contributed by atoms with Crippen LogP contribution in [0.15, 0.2) is 24.3 Å². The fourth-order valence-corrected chi connectivity index (χ4v) is 1.36. The van der Waals surface area contributed by atoms with Gasteiger partial charge in [-0.25, -0.2) is 4.79 Å². The average molecular weight is 211 g/mol. The number of carbonyl (C=O) groups is 1. The largest absolute Gasteiger partial charge is 0.466 e. The molecular weight excluding hydrogens is 200 g/mol. The van der Waals surface area contributed by atoms with Crippen LogP contribution in [0.4, 0.5) is 0 Å². The molecule has 0 N–H and O–H groups in total. The highest BCUT2D eigenvalue weighted by atomic mass is 35.5. The van der Waals surface area contributed by atoms with Crippen molar-refractivity contribution in [2.75, 3.05) is 7.11 Å². The third kappa shape index (κ3) is 2.60.